The van der Waals surface area contributed by atoms with Crippen LogP contribution in [0.3, 0.4) is 0 Å². The van der Waals surface area contributed by atoms with Gasteiger partial charge in [-0.25, -0.2) is 4.39 Å². The maximum atomic E-state index is 13.6. The molecule has 1 atom stereocenters. The fourth-order valence-corrected chi connectivity index (χ4v) is 2.41. The third-order valence-corrected chi connectivity index (χ3v) is 3.44. The summed E-state index contributed by atoms with van der Waals surface area (Å²) in [5.74, 6) is 0.660. The molecule has 0 aromatic heterocycles. The topological polar surface area (TPSA) is 21.3 Å². The Bertz CT molecular complexity index is 386. The molecule has 1 fully saturated rings. The fraction of sp³-hybridized carbons (Fsp3) is 0.571. The normalized spacial score (nSPS) is 20.3. The molecule has 0 amide bonds. The monoisotopic (exact) mass is 237 g/mol. The highest BCUT2D eigenvalue weighted by atomic mass is 19.1. The Balaban J connectivity index is 2.15. The van der Waals surface area contributed by atoms with Crippen molar-refractivity contribution in [2.24, 2.45) is 0 Å². The summed E-state index contributed by atoms with van der Waals surface area (Å²) in [6.45, 7) is 2.84. The Morgan fingerprint density at radius 1 is 1.41 bits per heavy atom. The van der Waals surface area contributed by atoms with Gasteiger partial charge in [-0.2, -0.15) is 0 Å². The van der Waals surface area contributed by atoms with Crippen molar-refractivity contribution in [3.63, 3.8) is 0 Å². The number of halogens is 1. The van der Waals surface area contributed by atoms with Crippen molar-refractivity contribution in [3.8, 4) is 5.75 Å². The van der Waals surface area contributed by atoms with Crippen molar-refractivity contribution < 1.29 is 9.13 Å². The van der Waals surface area contributed by atoms with E-state index in [0.717, 1.165) is 24.3 Å². The van der Waals surface area contributed by atoms with Gasteiger partial charge < -0.3 is 10.1 Å². The molecule has 1 aliphatic rings. The van der Waals surface area contributed by atoms with E-state index in [-0.39, 0.29) is 5.82 Å². The van der Waals surface area contributed by atoms with E-state index >= 15 is 0 Å². The maximum Gasteiger partial charge on any atom is 0.126 e. The number of hydrogen-bond acceptors (Lipinski definition) is 2. The van der Waals surface area contributed by atoms with Crippen LogP contribution in [0.2, 0.25) is 0 Å². The lowest BCUT2D eigenvalue weighted by Crippen LogP contribution is -2.35. The molecule has 2 nitrogen and oxygen atoms in total. The first-order chi connectivity index (χ1) is 8.20. The van der Waals surface area contributed by atoms with Crippen LogP contribution in [-0.4, -0.2) is 19.7 Å². The molecule has 1 aromatic rings. The van der Waals surface area contributed by atoms with Crippen LogP contribution < -0.4 is 10.1 Å². The van der Waals surface area contributed by atoms with Crippen LogP contribution >= 0.6 is 0 Å². The summed E-state index contributed by atoms with van der Waals surface area (Å²) in [6, 6.07) is 3.86. The van der Waals surface area contributed by atoms with E-state index in [1.165, 1.54) is 19.3 Å². The van der Waals surface area contributed by atoms with E-state index in [1.54, 1.807) is 26.2 Å². The Labute approximate surface area is 102 Å². The third kappa shape index (κ3) is 2.97. The summed E-state index contributed by atoms with van der Waals surface area (Å²) >= 11 is 0. The minimum atomic E-state index is -0.142. The number of ether oxygens (including phenoxy) is 1. The lowest BCUT2D eigenvalue weighted by atomic mass is 9.96. The van der Waals surface area contributed by atoms with Gasteiger partial charge in [0, 0.05) is 6.04 Å². The first kappa shape index (κ1) is 12.4. The maximum absolute atomic E-state index is 13.6. The molecule has 1 N–H and O–H groups in total. The van der Waals surface area contributed by atoms with Gasteiger partial charge >= 0.3 is 0 Å². The average molecular weight is 237 g/mol. The average Bonchev–Trinajstić information content (AvgIpc) is 2.35. The van der Waals surface area contributed by atoms with Crippen LogP contribution in [0.4, 0.5) is 4.39 Å². The first-order valence-corrected chi connectivity index (χ1v) is 6.27. The molecule has 0 saturated carbocycles. The standard InChI is InChI=1S/C14H20FNO/c1-10-7-14(17-2)11(9-13(10)15)8-12-5-3-4-6-16-12/h7,9,12,16H,3-6,8H2,1-2H3. The number of benzene rings is 1. The van der Waals surface area contributed by atoms with Gasteiger partial charge in [0.25, 0.3) is 0 Å². The molecule has 2 rings (SSSR count). The van der Waals surface area contributed by atoms with Gasteiger partial charge in [-0.05, 0) is 56.0 Å². The van der Waals surface area contributed by atoms with Crippen molar-refractivity contribution in [1.29, 1.82) is 0 Å². The lowest BCUT2D eigenvalue weighted by molar-refractivity contribution is 0.380. The van der Waals surface area contributed by atoms with E-state index < -0.39 is 0 Å². The minimum absolute atomic E-state index is 0.142. The molecule has 1 aliphatic heterocycles. The predicted molar refractivity (Wildman–Crippen MR) is 67.0 cm³/mol. The smallest absolute Gasteiger partial charge is 0.126 e. The molecule has 1 saturated heterocycles. The van der Waals surface area contributed by atoms with Crippen molar-refractivity contribution in [1.82, 2.24) is 5.32 Å². The van der Waals surface area contributed by atoms with Crippen LogP contribution in [0.5, 0.6) is 5.75 Å². The Hall–Kier alpha value is -1.09. The van der Waals surface area contributed by atoms with Crippen molar-refractivity contribution in [3.05, 3.63) is 29.1 Å². The summed E-state index contributed by atoms with van der Waals surface area (Å²) in [5.41, 5.74) is 1.61. The molecule has 1 aromatic carbocycles. The third-order valence-electron chi connectivity index (χ3n) is 3.44. The van der Waals surface area contributed by atoms with Gasteiger partial charge in [0.2, 0.25) is 0 Å². The minimum Gasteiger partial charge on any atom is -0.496 e. The van der Waals surface area contributed by atoms with Gasteiger partial charge in [0.1, 0.15) is 11.6 Å². The largest absolute Gasteiger partial charge is 0.496 e. The molecular weight excluding hydrogens is 217 g/mol. The molecule has 94 valence electrons. The highest BCUT2D eigenvalue weighted by molar-refractivity contribution is 5.38. The fourth-order valence-electron chi connectivity index (χ4n) is 2.41. The summed E-state index contributed by atoms with van der Waals surface area (Å²) < 4.78 is 18.9. The van der Waals surface area contributed by atoms with Crippen LogP contribution in [0, 0.1) is 12.7 Å². The quantitative estimate of drug-likeness (QED) is 0.872. The highest BCUT2D eigenvalue weighted by Crippen LogP contribution is 2.25. The van der Waals surface area contributed by atoms with E-state index in [0.29, 0.717) is 11.6 Å². The number of piperidine rings is 1. The summed E-state index contributed by atoms with van der Waals surface area (Å²) in [5, 5.41) is 3.47. The van der Waals surface area contributed by atoms with Crippen molar-refractivity contribution in [2.45, 2.75) is 38.6 Å². The highest BCUT2D eigenvalue weighted by Gasteiger charge is 2.16. The molecule has 0 radical (unpaired) electrons. The van der Waals surface area contributed by atoms with Crippen LogP contribution in [0.1, 0.15) is 30.4 Å². The number of methoxy groups -OCH3 is 1. The Kier molecular flexibility index (Phi) is 4.00. The second-order valence-electron chi connectivity index (χ2n) is 4.76. The Morgan fingerprint density at radius 3 is 2.88 bits per heavy atom. The van der Waals surface area contributed by atoms with Gasteiger partial charge in [-0.3, -0.25) is 0 Å². The van der Waals surface area contributed by atoms with Crippen molar-refractivity contribution in [2.75, 3.05) is 13.7 Å². The molecule has 1 heterocycles. The SMILES string of the molecule is COc1cc(C)c(F)cc1CC1CCCCN1. The summed E-state index contributed by atoms with van der Waals surface area (Å²) in [4.78, 5) is 0. The van der Waals surface area contributed by atoms with E-state index in [9.17, 15) is 4.39 Å². The number of aryl methyl sites for hydroxylation is 1. The first-order valence-electron chi connectivity index (χ1n) is 6.27. The molecular formula is C14H20FNO. The van der Waals surface area contributed by atoms with Gasteiger partial charge in [0.15, 0.2) is 0 Å². The van der Waals surface area contributed by atoms with Crippen LogP contribution in [-0.2, 0) is 6.42 Å². The zero-order valence-corrected chi connectivity index (χ0v) is 10.6. The molecule has 17 heavy (non-hydrogen) atoms. The van der Waals surface area contributed by atoms with Crippen molar-refractivity contribution >= 4 is 0 Å². The number of hydrogen-bond donors (Lipinski definition) is 1. The van der Waals surface area contributed by atoms with Crippen LogP contribution in [0.25, 0.3) is 0 Å². The zero-order chi connectivity index (χ0) is 12.3. The lowest BCUT2D eigenvalue weighted by Gasteiger charge is -2.24. The van der Waals surface area contributed by atoms with Gasteiger partial charge in [-0.1, -0.05) is 6.42 Å². The Morgan fingerprint density at radius 2 is 2.24 bits per heavy atom. The van der Waals surface area contributed by atoms with E-state index in [1.807, 2.05) is 0 Å². The van der Waals surface area contributed by atoms with Gasteiger partial charge in [0.05, 0.1) is 7.11 Å². The molecule has 0 aliphatic carbocycles. The number of nitrogens with one attached hydrogen (secondary N) is 1. The predicted octanol–water partition coefficient (Wildman–Crippen LogP) is 2.83. The van der Waals surface area contributed by atoms with E-state index in [4.69, 9.17) is 4.74 Å². The number of rotatable bonds is 3. The molecule has 1 unspecified atom stereocenters. The molecule has 0 spiro atoms. The second-order valence-corrected chi connectivity index (χ2v) is 4.76. The molecule has 3 heteroatoms. The summed E-state index contributed by atoms with van der Waals surface area (Å²) in [7, 11) is 1.64. The summed E-state index contributed by atoms with van der Waals surface area (Å²) in [6.07, 6.45) is 4.52. The second kappa shape index (κ2) is 5.50. The van der Waals surface area contributed by atoms with E-state index in [2.05, 4.69) is 5.32 Å². The zero-order valence-electron chi connectivity index (χ0n) is 10.6. The molecule has 0 bridgehead atoms. The van der Waals surface area contributed by atoms with Gasteiger partial charge in [-0.15, -0.1) is 0 Å². The van der Waals surface area contributed by atoms with Crippen LogP contribution in [0.15, 0.2) is 12.1 Å².